The van der Waals surface area contributed by atoms with Gasteiger partial charge in [-0.15, -0.1) is 0 Å². The van der Waals surface area contributed by atoms with E-state index in [0.29, 0.717) is 0 Å². The Balaban J connectivity index is 2.15. The van der Waals surface area contributed by atoms with Crippen molar-refractivity contribution >= 4 is 35.3 Å². The van der Waals surface area contributed by atoms with E-state index in [1.165, 1.54) is 154 Å². The molecule has 0 saturated carbocycles. The quantitative estimate of drug-likeness (QED) is 0.0569. The minimum Gasteiger partial charge on any atom is -0.246 e. The second kappa shape index (κ2) is 28.0. The SMILES string of the molecule is CCCCCCCCN(CCCCCCCC)Sn1c(=O)n(SN(CCCCCCCC)CCCCCCCC)c2ccccc21. The highest BCUT2D eigenvalue weighted by Crippen LogP contribution is 2.26. The number of unbranched alkanes of at least 4 members (excludes halogenated alkanes) is 20. The lowest BCUT2D eigenvalue weighted by Crippen LogP contribution is -2.28. The van der Waals surface area contributed by atoms with Gasteiger partial charge >= 0.3 is 5.69 Å². The lowest BCUT2D eigenvalue weighted by Gasteiger charge is -2.21. The molecule has 0 aliphatic rings. The second-order valence-corrected chi connectivity index (χ2v) is 15.5. The topological polar surface area (TPSA) is 33.4 Å². The van der Waals surface area contributed by atoms with E-state index in [9.17, 15) is 4.79 Å². The molecular weight excluding hydrogens is 605 g/mol. The van der Waals surface area contributed by atoms with Crippen LogP contribution in [-0.2, 0) is 0 Å². The number of para-hydroxylation sites is 2. The first-order valence-corrected chi connectivity index (χ1v) is 21.2. The summed E-state index contributed by atoms with van der Waals surface area (Å²) >= 11 is 3.34. The van der Waals surface area contributed by atoms with Crippen molar-refractivity contribution in [1.82, 2.24) is 16.6 Å². The first-order chi connectivity index (χ1) is 22.7. The summed E-state index contributed by atoms with van der Waals surface area (Å²) in [5, 5.41) is 0. The van der Waals surface area contributed by atoms with Crippen molar-refractivity contribution in [3.63, 3.8) is 0 Å². The Morgan fingerprint density at radius 1 is 0.435 bits per heavy atom. The van der Waals surface area contributed by atoms with Crippen molar-refractivity contribution in [2.24, 2.45) is 0 Å². The van der Waals surface area contributed by atoms with Gasteiger partial charge in [0, 0.05) is 50.4 Å². The molecule has 0 saturated heterocycles. The Morgan fingerprint density at radius 2 is 0.696 bits per heavy atom. The molecular formula is C39H72N4OS2. The van der Waals surface area contributed by atoms with Gasteiger partial charge in [0.05, 0.1) is 11.0 Å². The zero-order valence-corrected chi connectivity index (χ0v) is 32.3. The van der Waals surface area contributed by atoms with Gasteiger partial charge in [-0.3, -0.25) is 0 Å². The van der Waals surface area contributed by atoms with E-state index in [1.807, 2.05) is 7.94 Å². The number of benzene rings is 1. The van der Waals surface area contributed by atoms with Gasteiger partial charge in [-0.05, 0) is 37.8 Å². The molecule has 2 aromatic rings. The summed E-state index contributed by atoms with van der Waals surface area (Å²) in [7, 11) is 0. The van der Waals surface area contributed by atoms with Crippen LogP contribution in [0, 0.1) is 0 Å². The number of aromatic nitrogens is 2. The molecule has 5 nitrogen and oxygen atoms in total. The molecule has 0 unspecified atom stereocenters. The lowest BCUT2D eigenvalue weighted by molar-refractivity contribution is 0.421. The zero-order valence-electron chi connectivity index (χ0n) is 30.6. The molecule has 7 heteroatoms. The van der Waals surface area contributed by atoms with Crippen molar-refractivity contribution in [1.29, 1.82) is 0 Å². The monoisotopic (exact) mass is 677 g/mol. The maximum Gasteiger partial charge on any atom is 0.351 e. The van der Waals surface area contributed by atoms with Crippen molar-refractivity contribution < 1.29 is 0 Å². The fourth-order valence-corrected chi connectivity index (χ4v) is 8.29. The molecule has 46 heavy (non-hydrogen) atoms. The molecule has 0 amide bonds. The molecule has 1 aromatic carbocycles. The van der Waals surface area contributed by atoms with Gasteiger partial charge < -0.3 is 0 Å². The maximum absolute atomic E-state index is 14.2. The number of hydrogen-bond acceptors (Lipinski definition) is 5. The summed E-state index contributed by atoms with van der Waals surface area (Å²) in [4.78, 5) is 14.2. The standard InChI is InChI=1S/C39H72N4OS2/c1-5-9-13-17-21-27-33-40(34-28-22-18-14-10-6-2)45-42-37-31-25-26-32-38(37)43(39(42)44)46-41(35-29-23-19-15-11-7-3)36-30-24-20-16-12-8-4/h25-26,31-32H,5-24,27-30,33-36H2,1-4H3. The summed E-state index contributed by atoms with van der Waals surface area (Å²) in [5.41, 5.74) is 2.18. The van der Waals surface area contributed by atoms with E-state index < -0.39 is 0 Å². The van der Waals surface area contributed by atoms with Crippen molar-refractivity contribution in [3.05, 3.63) is 34.7 Å². The van der Waals surface area contributed by atoms with Crippen LogP contribution in [0.3, 0.4) is 0 Å². The van der Waals surface area contributed by atoms with Crippen LogP contribution in [0.2, 0.25) is 0 Å². The summed E-state index contributed by atoms with van der Waals surface area (Å²) in [5.74, 6) is 0. The minimum atomic E-state index is 0.1000. The predicted molar refractivity (Wildman–Crippen MR) is 209 cm³/mol. The number of rotatable bonds is 32. The Hall–Kier alpha value is -0.890. The van der Waals surface area contributed by atoms with E-state index in [-0.39, 0.29) is 5.69 Å². The van der Waals surface area contributed by atoms with E-state index in [4.69, 9.17) is 0 Å². The Bertz CT molecular complexity index is 929. The van der Waals surface area contributed by atoms with Crippen LogP contribution in [-0.4, -0.2) is 42.7 Å². The fourth-order valence-electron chi connectivity index (χ4n) is 6.15. The van der Waals surface area contributed by atoms with Crippen LogP contribution in [0.25, 0.3) is 11.0 Å². The minimum absolute atomic E-state index is 0.1000. The van der Waals surface area contributed by atoms with E-state index in [0.717, 1.165) is 37.2 Å². The van der Waals surface area contributed by atoms with Gasteiger partial charge in [0.15, 0.2) is 0 Å². The average molecular weight is 677 g/mol. The highest BCUT2D eigenvalue weighted by Gasteiger charge is 2.20. The van der Waals surface area contributed by atoms with Crippen molar-refractivity contribution in [3.8, 4) is 0 Å². The van der Waals surface area contributed by atoms with Gasteiger partial charge in [0.25, 0.3) is 0 Å². The Kier molecular flexibility index (Phi) is 25.1. The smallest absolute Gasteiger partial charge is 0.246 e. The third kappa shape index (κ3) is 17.5. The molecule has 0 radical (unpaired) electrons. The predicted octanol–water partition coefficient (Wildman–Crippen LogP) is 12.7. The van der Waals surface area contributed by atoms with E-state index in [1.54, 1.807) is 24.3 Å². The molecule has 0 bridgehead atoms. The highest BCUT2D eigenvalue weighted by atomic mass is 32.2. The summed E-state index contributed by atoms with van der Waals surface area (Å²) < 4.78 is 8.97. The normalized spacial score (nSPS) is 12.0. The third-order valence-corrected chi connectivity index (χ3v) is 11.3. The Morgan fingerprint density at radius 3 is 0.978 bits per heavy atom. The Labute approximate surface area is 293 Å². The molecule has 0 aliphatic carbocycles. The van der Waals surface area contributed by atoms with Crippen LogP contribution in [0.5, 0.6) is 0 Å². The van der Waals surface area contributed by atoms with Crippen molar-refractivity contribution in [2.75, 3.05) is 26.2 Å². The van der Waals surface area contributed by atoms with Crippen LogP contribution in [0.1, 0.15) is 182 Å². The molecule has 1 aromatic heterocycles. The van der Waals surface area contributed by atoms with Gasteiger partial charge in [-0.2, -0.15) is 0 Å². The summed E-state index contributed by atoms with van der Waals surface area (Å²) in [6.45, 7) is 13.3. The van der Waals surface area contributed by atoms with Gasteiger partial charge in [0.1, 0.15) is 0 Å². The first kappa shape index (κ1) is 41.3. The maximum atomic E-state index is 14.2. The molecule has 0 atom stereocenters. The molecule has 0 fully saturated rings. The van der Waals surface area contributed by atoms with Gasteiger partial charge in [-0.1, -0.05) is 168 Å². The molecule has 266 valence electrons. The number of fused-ring (bicyclic) bond motifs is 1. The summed E-state index contributed by atoms with van der Waals surface area (Å²) in [6, 6.07) is 8.45. The van der Waals surface area contributed by atoms with E-state index in [2.05, 4.69) is 60.6 Å². The molecule has 0 N–H and O–H groups in total. The highest BCUT2D eigenvalue weighted by molar-refractivity contribution is 7.96. The molecule has 0 aliphatic heterocycles. The first-order valence-electron chi connectivity index (χ1n) is 19.7. The van der Waals surface area contributed by atoms with E-state index >= 15 is 0 Å². The number of imidazole rings is 1. The number of hydrogen-bond donors (Lipinski definition) is 0. The fraction of sp³-hybridized carbons (Fsp3) is 0.821. The van der Waals surface area contributed by atoms with Gasteiger partial charge in [-0.25, -0.2) is 21.3 Å². The number of nitrogens with zero attached hydrogens (tertiary/aromatic N) is 4. The molecule has 1 heterocycles. The summed E-state index contributed by atoms with van der Waals surface area (Å²) in [6.07, 6.45) is 31.2. The van der Waals surface area contributed by atoms with Crippen LogP contribution < -0.4 is 5.69 Å². The van der Waals surface area contributed by atoms with Crippen LogP contribution >= 0.6 is 24.3 Å². The lowest BCUT2D eigenvalue weighted by atomic mass is 10.1. The molecule has 0 spiro atoms. The van der Waals surface area contributed by atoms with Crippen molar-refractivity contribution in [2.45, 2.75) is 182 Å². The zero-order chi connectivity index (χ0) is 33.1. The van der Waals surface area contributed by atoms with Gasteiger partial charge in [0.2, 0.25) is 0 Å². The largest absolute Gasteiger partial charge is 0.351 e. The second-order valence-electron chi connectivity index (χ2n) is 13.5. The molecule has 2 rings (SSSR count). The average Bonchev–Trinajstić information content (AvgIpc) is 3.32. The third-order valence-electron chi connectivity index (χ3n) is 9.11. The van der Waals surface area contributed by atoms with Crippen LogP contribution in [0.15, 0.2) is 29.1 Å². The van der Waals surface area contributed by atoms with Crippen LogP contribution in [0.4, 0.5) is 0 Å².